The molecule has 0 saturated heterocycles. The van der Waals surface area contributed by atoms with Gasteiger partial charge in [0.25, 0.3) is 15.9 Å². The Morgan fingerprint density at radius 1 is 0.912 bits per heavy atom. The van der Waals surface area contributed by atoms with Gasteiger partial charge in [0.15, 0.2) is 17.3 Å². The molecule has 0 aliphatic carbocycles. The molecule has 2 N–H and O–H groups in total. The number of halogens is 1. The standard InChI is InChI=1S/C24H19FN2O6S/c1-14-19-12-15(25)2-8-20(19)33-23(14)24(28)26-16-3-5-17(6-4-16)27-34(29,30)18-7-9-21-22(13-18)32-11-10-31-21/h2-9,12-13,27H,10-11H2,1H3,(H,26,28). The molecule has 34 heavy (non-hydrogen) atoms. The Balaban J connectivity index is 1.30. The summed E-state index contributed by atoms with van der Waals surface area (Å²) >= 11 is 0. The van der Waals surface area contributed by atoms with Crippen molar-refractivity contribution >= 4 is 38.3 Å². The summed E-state index contributed by atoms with van der Waals surface area (Å²) in [5.41, 5.74) is 1.67. The molecule has 0 saturated carbocycles. The van der Waals surface area contributed by atoms with Gasteiger partial charge >= 0.3 is 0 Å². The molecule has 1 aliphatic rings. The van der Waals surface area contributed by atoms with Gasteiger partial charge in [-0.15, -0.1) is 0 Å². The van der Waals surface area contributed by atoms with Crippen molar-refractivity contribution in [2.75, 3.05) is 23.3 Å². The summed E-state index contributed by atoms with van der Waals surface area (Å²) in [6.45, 7) is 2.44. The zero-order valence-electron chi connectivity index (χ0n) is 17.9. The van der Waals surface area contributed by atoms with Crippen molar-refractivity contribution in [3.63, 3.8) is 0 Å². The SMILES string of the molecule is Cc1c(C(=O)Nc2ccc(NS(=O)(=O)c3ccc4c(c3)OCCO4)cc2)oc2ccc(F)cc12. The Morgan fingerprint density at radius 2 is 1.62 bits per heavy atom. The maximum absolute atomic E-state index is 13.5. The van der Waals surface area contributed by atoms with Crippen molar-refractivity contribution in [1.82, 2.24) is 0 Å². The second kappa shape index (κ2) is 8.38. The first-order valence-electron chi connectivity index (χ1n) is 10.3. The lowest BCUT2D eigenvalue weighted by molar-refractivity contribution is 0.0998. The van der Waals surface area contributed by atoms with Gasteiger partial charge in [0.1, 0.15) is 24.6 Å². The number of carbonyl (C=O) groups is 1. The van der Waals surface area contributed by atoms with E-state index in [2.05, 4.69) is 10.0 Å². The van der Waals surface area contributed by atoms with Gasteiger partial charge in [-0.3, -0.25) is 9.52 Å². The number of amides is 1. The lowest BCUT2D eigenvalue weighted by atomic mass is 10.1. The van der Waals surface area contributed by atoms with E-state index in [9.17, 15) is 17.6 Å². The third kappa shape index (κ3) is 4.15. The number of anilines is 2. The predicted octanol–water partition coefficient (Wildman–Crippen LogP) is 4.70. The molecule has 0 fully saturated rings. The minimum Gasteiger partial charge on any atom is -0.486 e. The molecule has 1 aliphatic heterocycles. The molecule has 0 radical (unpaired) electrons. The van der Waals surface area contributed by atoms with E-state index < -0.39 is 21.7 Å². The fourth-order valence-electron chi connectivity index (χ4n) is 3.62. The van der Waals surface area contributed by atoms with Crippen molar-refractivity contribution in [3.8, 4) is 11.5 Å². The van der Waals surface area contributed by atoms with Crippen LogP contribution in [-0.2, 0) is 10.0 Å². The first-order valence-corrected chi connectivity index (χ1v) is 11.8. The summed E-state index contributed by atoms with van der Waals surface area (Å²) in [5, 5.41) is 3.22. The molecule has 0 spiro atoms. The molecule has 1 aromatic heterocycles. The van der Waals surface area contributed by atoms with E-state index >= 15 is 0 Å². The smallest absolute Gasteiger partial charge is 0.291 e. The highest BCUT2D eigenvalue weighted by Crippen LogP contribution is 2.33. The number of fused-ring (bicyclic) bond motifs is 2. The van der Waals surface area contributed by atoms with Gasteiger partial charge in [0.2, 0.25) is 0 Å². The average molecular weight is 482 g/mol. The van der Waals surface area contributed by atoms with E-state index in [0.717, 1.165) is 0 Å². The lowest BCUT2D eigenvalue weighted by Gasteiger charge is -2.19. The zero-order valence-corrected chi connectivity index (χ0v) is 18.7. The number of ether oxygens (including phenoxy) is 2. The second-order valence-corrected chi connectivity index (χ2v) is 9.32. The van der Waals surface area contributed by atoms with Crippen molar-refractivity contribution < 1.29 is 31.5 Å². The van der Waals surface area contributed by atoms with E-state index in [4.69, 9.17) is 13.9 Å². The number of sulfonamides is 1. The number of furan rings is 1. The van der Waals surface area contributed by atoms with Crippen LogP contribution in [0.15, 0.2) is 70.0 Å². The largest absolute Gasteiger partial charge is 0.486 e. The van der Waals surface area contributed by atoms with Gasteiger partial charge < -0.3 is 19.2 Å². The summed E-state index contributed by atoms with van der Waals surface area (Å²) in [7, 11) is -3.87. The first kappa shape index (κ1) is 21.8. The van der Waals surface area contributed by atoms with Crippen LogP contribution in [-0.4, -0.2) is 27.5 Å². The van der Waals surface area contributed by atoms with E-state index in [1.54, 1.807) is 25.1 Å². The molecule has 1 amide bonds. The fraction of sp³-hybridized carbons (Fsp3) is 0.125. The molecule has 174 valence electrons. The van der Waals surface area contributed by atoms with Crippen LogP contribution in [0.25, 0.3) is 11.0 Å². The summed E-state index contributed by atoms with van der Waals surface area (Å²) in [4.78, 5) is 12.7. The Morgan fingerprint density at radius 3 is 2.38 bits per heavy atom. The molecule has 4 aromatic rings. The molecule has 0 unspecified atom stereocenters. The zero-order chi connectivity index (χ0) is 23.9. The molecule has 10 heteroatoms. The molecule has 0 bridgehead atoms. The monoisotopic (exact) mass is 482 g/mol. The van der Waals surface area contributed by atoms with Gasteiger partial charge in [-0.2, -0.15) is 0 Å². The van der Waals surface area contributed by atoms with Gasteiger partial charge in [-0.1, -0.05) is 0 Å². The van der Waals surface area contributed by atoms with Crippen LogP contribution in [0.3, 0.4) is 0 Å². The van der Waals surface area contributed by atoms with E-state index in [1.165, 1.54) is 42.5 Å². The van der Waals surface area contributed by atoms with Crippen LogP contribution in [0.4, 0.5) is 15.8 Å². The quantitative estimate of drug-likeness (QED) is 0.427. The minimum atomic E-state index is -3.87. The normalized spacial score (nSPS) is 13.0. The van der Waals surface area contributed by atoms with Crippen LogP contribution in [0.5, 0.6) is 11.5 Å². The number of rotatable bonds is 5. The Hall–Kier alpha value is -4.05. The minimum absolute atomic E-state index is 0.0333. The van der Waals surface area contributed by atoms with E-state index in [1.807, 2.05) is 0 Å². The third-order valence-corrected chi connectivity index (χ3v) is 6.70. The maximum Gasteiger partial charge on any atom is 0.291 e. The highest BCUT2D eigenvalue weighted by molar-refractivity contribution is 7.92. The van der Waals surface area contributed by atoms with Crippen molar-refractivity contribution in [2.45, 2.75) is 11.8 Å². The average Bonchev–Trinajstić information content (AvgIpc) is 3.15. The molecule has 8 nitrogen and oxygen atoms in total. The molecule has 3 aromatic carbocycles. The van der Waals surface area contributed by atoms with Gasteiger partial charge in [0.05, 0.1) is 4.90 Å². The molecular formula is C24H19FN2O6S. The molecular weight excluding hydrogens is 463 g/mol. The van der Waals surface area contributed by atoms with Crippen molar-refractivity contribution in [2.24, 2.45) is 0 Å². The maximum atomic E-state index is 13.5. The highest BCUT2D eigenvalue weighted by atomic mass is 32.2. The van der Waals surface area contributed by atoms with Crippen LogP contribution in [0.1, 0.15) is 16.1 Å². The fourth-order valence-corrected chi connectivity index (χ4v) is 4.70. The number of nitrogens with one attached hydrogen (secondary N) is 2. The van der Waals surface area contributed by atoms with Gasteiger partial charge in [0, 0.05) is 28.4 Å². The van der Waals surface area contributed by atoms with Gasteiger partial charge in [-0.25, -0.2) is 12.8 Å². The molecule has 2 heterocycles. The summed E-state index contributed by atoms with van der Waals surface area (Å²) in [6, 6.07) is 14.6. The van der Waals surface area contributed by atoms with Crippen molar-refractivity contribution in [3.05, 3.63) is 77.8 Å². The number of hydrogen-bond donors (Lipinski definition) is 2. The molecule has 0 atom stereocenters. The van der Waals surface area contributed by atoms with E-state index in [0.29, 0.717) is 52.6 Å². The van der Waals surface area contributed by atoms with Crippen LogP contribution >= 0.6 is 0 Å². The van der Waals surface area contributed by atoms with Gasteiger partial charge in [-0.05, 0) is 61.5 Å². The first-order chi connectivity index (χ1) is 16.3. The number of hydrogen-bond acceptors (Lipinski definition) is 6. The predicted molar refractivity (Wildman–Crippen MR) is 124 cm³/mol. The lowest BCUT2D eigenvalue weighted by Crippen LogP contribution is -2.17. The topological polar surface area (TPSA) is 107 Å². The second-order valence-electron chi connectivity index (χ2n) is 7.64. The Bertz CT molecular complexity index is 1510. The van der Waals surface area contributed by atoms with Crippen LogP contribution in [0, 0.1) is 12.7 Å². The highest BCUT2D eigenvalue weighted by Gasteiger charge is 2.21. The molecule has 5 rings (SSSR count). The number of carbonyl (C=O) groups excluding carboxylic acids is 1. The van der Waals surface area contributed by atoms with Crippen LogP contribution < -0.4 is 19.5 Å². The number of aryl methyl sites for hydroxylation is 1. The number of benzene rings is 3. The van der Waals surface area contributed by atoms with Crippen molar-refractivity contribution in [1.29, 1.82) is 0 Å². The van der Waals surface area contributed by atoms with Crippen LogP contribution in [0.2, 0.25) is 0 Å². The Kier molecular flexibility index (Phi) is 5.37. The summed E-state index contributed by atoms with van der Waals surface area (Å²) in [5.74, 6) is 0.0197. The third-order valence-electron chi connectivity index (χ3n) is 5.32. The van der Waals surface area contributed by atoms with E-state index in [-0.39, 0.29) is 10.7 Å². The summed E-state index contributed by atoms with van der Waals surface area (Å²) < 4.78 is 58.0. The Labute approximate surface area is 194 Å². The summed E-state index contributed by atoms with van der Waals surface area (Å²) in [6.07, 6.45) is 0.